The van der Waals surface area contributed by atoms with Gasteiger partial charge in [-0.2, -0.15) is 0 Å². The fourth-order valence-corrected chi connectivity index (χ4v) is 4.65. The third kappa shape index (κ3) is 3.61. The van der Waals surface area contributed by atoms with Gasteiger partial charge in [0, 0.05) is 36.3 Å². The number of ketones is 1. The second-order valence-corrected chi connectivity index (χ2v) is 8.14. The summed E-state index contributed by atoms with van der Waals surface area (Å²) < 4.78 is 7.21. The molecule has 0 aliphatic carbocycles. The summed E-state index contributed by atoms with van der Waals surface area (Å²) in [5.74, 6) is -0.384. The molecule has 0 atom stereocenters. The molecule has 0 unspecified atom stereocenters. The van der Waals surface area contributed by atoms with Crippen LogP contribution < -0.4 is 0 Å². The predicted molar refractivity (Wildman–Crippen MR) is 124 cm³/mol. The highest BCUT2D eigenvalue weighted by Crippen LogP contribution is 2.34. The number of rotatable bonds is 5. The van der Waals surface area contributed by atoms with Gasteiger partial charge < -0.3 is 9.30 Å². The molecule has 0 saturated carbocycles. The normalized spacial score (nSPS) is 13.8. The van der Waals surface area contributed by atoms with Crippen molar-refractivity contribution in [3.8, 4) is 0 Å². The first-order chi connectivity index (χ1) is 15.7. The SMILES string of the molecule is COC(=O)c1cccc2c1c1c(n2Cc2ccccc2)CN(Cc2ccccc2)CC1=O. The molecule has 3 aromatic carbocycles. The van der Waals surface area contributed by atoms with Crippen LogP contribution in [0.1, 0.15) is 37.5 Å². The number of fused-ring (bicyclic) bond motifs is 3. The van der Waals surface area contributed by atoms with E-state index in [0.717, 1.165) is 16.8 Å². The van der Waals surface area contributed by atoms with Gasteiger partial charge in [-0.3, -0.25) is 9.69 Å². The fraction of sp³-hybridized carbons (Fsp3) is 0.185. The molecule has 160 valence electrons. The summed E-state index contributed by atoms with van der Waals surface area (Å²) in [5, 5.41) is 0.703. The van der Waals surface area contributed by atoms with E-state index in [1.54, 1.807) is 6.07 Å². The van der Waals surface area contributed by atoms with Gasteiger partial charge in [-0.1, -0.05) is 66.7 Å². The molecule has 0 saturated heterocycles. The molecule has 5 rings (SSSR count). The zero-order valence-electron chi connectivity index (χ0n) is 18.0. The number of esters is 1. The molecule has 0 radical (unpaired) electrons. The smallest absolute Gasteiger partial charge is 0.338 e. The molecule has 0 spiro atoms. The van der Waals surface area contributed by atoms with Crippen LogP contribution in [0.3, 0.4) is 0 Å². The van der Waals surface area contributed by atoms with Crippen molar-refractivity contribution in [1.29, 1.82) is 0 Å². The Morgan fingerprint density at radius 1 is 0.844 bits per heavy atom. The first-order valence-corrected chi connectivity index (χ1v) is 10.7. The average molecular weight is 425 g/mol. The molecule has 0 bridgehead atoms. The van der Waals surface area contributed by atoms with Crippen LogP contribution in [0.4, 0.5) is 0 Å². The lowest BCUT2D eigenvalue weighted by molar-refractivity contribution is 0.0603. The number of ether oxygens (including phenoxy) is 1. The minimum Gasteiger partial charge on any atom is -0.465 e. The molecule has 1 aromatic heterocycles. The lowest BCUT2D eigenvalue weighted by Gasteiger charge is -2.27. The first kappa shape index (κ1) is 20.2. The summed E-state index contributed by atoms with van der Waals surface area (Å²) in [6.45, 7) is 2.28. The monoisotopic (exact) mass is 424 g/mol. The van der Waals surface area contributed by atoms with E-state index in [1.165, 1.54) is 12.7 Å². The number of hydrogen-bond donors (Lipinski definition) is 0. The van der Waals surface area contributed by atoms with Crippen molar-refractivity contribution in [2.75, 3.05) is 13.7 Å². The second kappa shape index (κ2) is 8.44. The average Bonchev–Trinajstić information content (AvgIpc) is 3.14. The van der Waals surface area contributed by atoms with Crippen LogP contribution in [0.5, 0.6) is 0 Å². The van der Waals surface area contributed by atoms with Crippen LogP contribution >= 0.6 is 0 Å². The zero-order chi connectivity index (χ0) is 22.1. The molecule has 4 aromatic rings. The van der Waals surface area contributed by atoms with Crippen molar-refractivity contribution < 1.29 is 14.3 Å². The number of carbonyl (C=O) groups excluding carboxylic acids is 2. The minimum atomic E-state index is -0.422. The predicted octanol–water partition coefficient (Wildman–Crippen LogP) is 4.67. The lowest BCUT2D eigenvalue weighted by atomic mass is 9.98. The van der Waals surface area contributed by atoms with Gasteiger partial charge in [0.1, 0.15) is 0 Å². The van der Waals surface area contributed by atoms with Crippen LogP contribution in [0.2, 0.25) is 0 Å². The van der Waals surface area contributed by atoms with E-state index >= 15 is 0 Å². The molecular weight excluding hydrogens is 400 g/mol. The summed E-state index contributed by atoms with van der Waals surface area (Å²) >= 11 is 0. The Balaban J connectivity index is 1.65. The number of hydrogen-bond acceptors (Lipinski definition) is 4. The van der Waals surface area contributed by atoms with Gasteiger partial charge in [0.2, 0.25) is 0 Å². The van der Waals surface area contributed by atoms with E-state index in [4.69, 9.17) is 4.74 Å². The highest BCUT2D eigenvalue weighted by atomic mass is 16.5. The largest absolute Gasteiger partial charge is 0.465 e. The molecule has 1 aliphatic heterocycles. The highest BCUT2D eigenvalue weighted by molar-refractivity contribution is 6.17. The van der Waals surface area contributed by atoms with Crippen molar-refractivity contribution in [3.63, 3.8) is 0 Å². The van der Waals surface area contributed by atoms with Crippen molar-refractivity contribution in [3.05, 3.63) is 107 Å². The molecule has 5 nitrogen and oxygen atoms in total. The van der Waals surface area contributed by atoms with E-state index in [9.17, 15) is 9.59 Å². The van der Waals surface area contributed by atoms with Crippen LogP contribution in [0, 0.1) is 0 Å². The lowest BCUT2D eigenvalue weighted by Crippen LogP contribution is -2.35. The maximum absolute atomic E-state index is 13.4. The number of methoxy groups -OCH3 is 1. The van der Waals surface area contributed by atoms with Crippen LogP contribution in [-0.2, 0) is 24.4 Å². The molecule has 2 heterocycles. The zero-order valence-corrected chi connectivity index (χ0v) is 18.0. The summed E-state index contributed by atoms with van der Waals surface area (Å²) in [7, 11) is 1.37. The van der Waals surface area contributed by atoms with Crippen molar-refractivity contribution in [1.82, 2.24) is 9.47 Å². The second-order valence-electron chi connectivity index (χ2n) is 8.14. The topological polar surface area (TPSA) is 51.5 Å². The summed E-state index contributed by atoms with van der Waals surface area (Å²) in [5.41, 5.74) is 5.25. The van der Waals surface area contributed by atoms with E-state index in [2.05, 4.69) is 33.7 Å². The summed E-state index contributed by atoms with van der Waals surface area (Å²) in [6, 6.07) is 25.9. The van der Waals surface area contributed by atoms with Crippen LogP contribution in [0.15, 0.2) is 78.9 Å². The molecular formula is C27H24N2O3. The summed E-state index contributed by atoms with van der Waals surface area (Å²) in [6.07, 6.45) is 0. The van der Waals surface area contributed by atoms with Gasteiger partial charge in [0.05, 0.1) is 24.7 Å². The van der Waals surface area contributed by atoms with Gasteiger partial charge in [-0.25, -0.2) is 4.79 Å². The van der Waals surface area contributed by atoms with E-state index in [1.807, 2.05) is 48.5 Å². The minimum absolute atomic E-state index is 0.0374. The van der Waals surface area contributed by atoms with E-state index in [0.29, 0.717) is 42.7 Å². The van der Waals surface area contributed by atoms with Gasteiger partial charge in [-0.15, -0.1) is 0 Å². The Hall–Kier alpha value is -3.70. The molecule has 0 N–H and O–H groups in total. The Bertz CT molecular complexity index is 1290. The number of benzene rings is 3. The van der Waals surface area contributed by atoms with Gasteiger partial charge in [0.15, 0.2) is 5.78 Å². The standard InChI is InChI=1S/C27H24N2O3/c1-32-27(31)21-13-8-14-22-25(21)26-23(29(22)16-20-11-6-3-7-12-20)17-28(18-24(26)30)15-19-9-4-2-5-10-19/h2-14H,15-18H2,1H3. The van der Waals surface area contributed by atoms with Crippen LogP contribution in [-0.4, -0.2) is 34.9 Å². The number of aromatic nitrogens is 1. The number of nitrogens with zero attached hydrogens (tertiary/aromatic N) is 2. The molecule has 0 fully saturated rings. The summed E-state index contributed by atoms with van der Waals surface area (Å²) in [4.78, 5) is 28.1. The molecule has 5 heteroatoms. The molecule has 1 aliphatic rings. The Morgan fingerprint density at radius 3 is 2.16 bits per heavy atom. The third-order valence-electron chi connectivity index (χ3n) is 6.05. The first-order valence-electron chi connectivity index (χ1n) is 10.7. The highest BCUT2D eigenvalue weighted by Gasteiger charge is 2.32. The van der Waals surface area contributed by atoms with Crippen molar-refractivity contribution in [2.24, 2.45) is 0 Å². The van der Waals surface area contributed by atoms with Crippen molar-refractivity contribution in [2.45, 2.75) is 19.6 Å². The fourth-order valence-electron chi connectivity index (χ4n) is 4.65. The van der Waals surface area contributed by atoms with Crippen LogP contribution in [0.25, 0.3) is 10.9 Å². The van der Waals surface area contributed by atoms with Gasteiger partial charge in [-0.05, 0) is 23.3 Å². The van der Waals surface area contributed by atoms with E-state index < -0.39 is 5.97 Å². The molecule has 0 amide bonds. The quantitative estimate of drug-likeness (QED) is 0.437. The molecule has 32 heavy (non-hydrogen) atoms. The van der Waals surface area contributed by atoms with Crippen molar-refractivity contribution >= 4 is 22.7 Å². The maximum Gasteiger partial charge on any atom is 0.338 e. The number of carbonyl (C=O) groups is 2. The Labute approximate surface area is 186 Å². The Kier molecular flexibility index (Phi) is 5.33. The van der Waals surface area contributed by atoms with E-state index in [-0.39, 0.29) is 5.78 Å². The number of Topliss-reactive ketones (excluding diaryl/α,β-unsaturated/α-hetero) is 1. The maximum atomic E-state index is 13.4. The van der Waals surface area contributed by atoms with Gasteiger partial charge >= 0.3 is 5.97 Å². The van der Waals surface area contributed by atoms with Gasteiger partial charge in [0.25, 0.3) is 0 Å². The third-order valence-corrected chi connectivity index (χ3v) is 6.05. The Morgan fingerprint density at radius 2 is 1.50 bits per heavy atom.